The van der Waals surface area contributed by atoms with Gasteiger partial charge in [0.05, 0.1) is 12.8 Å². The van der Waals surface area contributed by atoms with Crippen molar-refractivity contribution >= 4 is 41.1 Å². The quantitative estimate of drug-likeness (QED) is 0.599. The molecule has 2 amide bonds. The Bertz CT molecular complexity index is 951. The summed E-state index contributed by atoms with van der Waals surface area (Å²) in [4.78, 5) is 26.3. The molecule has 7 nitrogen and oxygen atoms in total. The van der Waals surface area contributed by atoms with Gasteiger partial charge in [0.2, 0.25) is 5.91 Å². The first-order chi connectivity index (χ1) is 15.7. The molecular weight excluding hydrogens is 464 g/mol. The van der Waals surface area contributed by atoms with Gasteiger partial charge in [0.1, 0.15) is 22.6 Å². The molecule has 33 heavy (non-hydrogen) atoms. The minimum atomic E-state index is -1.33. The molecule has 0 spiro atoms. The number of fused-ring (bicyclic) bond motifs is 4. The summed E-state index contributed by atoms with van der Waals surface area (Å²) in [6.07, 6.45) is 6.96. The highest BCUT2D eigenvalue weighted by Gasteiger charge is 2.38. The highest BCUT2D eigenvalue weighted by Crippen LogP contribution is 2.36. The Labute approximate surface area is 204 Å². The van der Waals surface area contributed by atoms with Gasteiger partial charge in [0, 0.05) is 32.1 Å². The molecule has 180 valence electrons. The van der Waals surface area contributed by atoms with Crippen LogP contribution in [0.3, 0.4) is 0 Å². The predicted octanol–water partition coefficient (Wildman–Crippen LogP) is 4.46. The second kappa shape index (κ2) is 11.3. The fourth-order valence-corrected chi connectivity index (χ4v) is 5.20. The lowest BCUT2D eigenvalue weighted by atomic mass is 10.00. The van der Waals surface area contributed by atoms with E-state index in [9.17, 15) is 14.7 Å². The lowest BCUT2D eigenvalue weighted by Gasteiger charge is -2.36. The summed E-state index contributed by atoms with van der Waals surface area (Å²) < 4.78 is 10.8. The molecule has 0 aromatic heterocycles. The number of benzene rings is 1. The number of rotatable bonds is 1. The number of nitrogens with zero attached hydrogens (tertiary/aromatic N) is 1. The maximum Gasteiger partial charge on any atom is 0.409 e. The second-order valence-electron chi connectivity index (χ2n) is 8.47. The summed E-state index contributed by atoms with van der Waals surface area (Å²) >= 11 is 8.13. The smallest absolute Gasteiger partial charge is 0.409 e. The fourth-order valence-electron chi connectivity index (χ4n) is 3.92. The standard InChI is InChI=1S/C24H31ClN2O5S/c1-16-7-4-5-9-24(30)14-18(32-23(29)26-24)15-33-10-6-8-21(28)27(2)19-12-17(11-16)13-20(31-3)22(19)25/h4-5,7,12-13,18,30H,6,8-11,14-15H2,1-3H3,(H,26,29)/b5-4+,16-7+. The molecule has 2 unspecified atom stereocenters. The van der Waals surface area contributed by atoms with Crippen molar-refractivity contribution in [2.75, 3.05) is 30.6 Å². The van der Waals surface area contributed by atoms with E-state index in [1.165, 1.54) is 0 Å². The Kier molecular flexibility index (Phi) is 8.73. The predicted molar refractivity (Wildman–Crippen MR) is 132 cm³/mol. The third kappa shape index (κ3) is 6.91. The van der Waals surface area contributed by atoms with Crippen LogP contribution >= 0.6 is 23.4 Å². The summed E-state index contributed by atoms with van der Waals surface area (Å²) in [5.41, 5.74) is 1.34. The van der Waals surface area contributed by atoms with Crippen molar-refractivity contribution in [3.63, 3.8) is 0 Å². The largest absolute Gasteiger partial charge is 0.495 e. The van der Waals surface area contributed by atoms with E-state index >= 15 is 0 Å². The molecule has 3 rings (SSSR count). The van der Waals surface area contributed by atoms with E-state index in [4.69, 9.17) is 21.1 Å². The van der Waals surface area contributed by atoms with Crippen LogP contribution < -0.4 is 15.0 Å². The molecule has 1 saturated heterocycles. The van der Waals surface area contributed by atoms with Gasteiger partial charge in [-0.2, -0.15) is 11.8 Å². The molecule has 0 saturated carbocycles. The van der Waals surface area contributed by atoms with Crippen LogP contribution in [0.15, 0.2) is 35.9 Å². The molecule has 2 heterocycles. The first-order valence-corrected chi connectivity index (χ1v) is 12.5. The molecular formula is C24H31ClN2O5S. The van der Waals surface area contributed by atoms with E-state index in [-0.39, 0.29) is 18.4 Å². The number of hydrogen-bond donors (Lipinski definition) is 2. The minimum absolute atomic E-state index is 0.0347. The lowest BCUT2D eigenvalue weighted by Crippen LogP contribution is -2.56. The zero-order valence-corrected chi connectivity index (χ0v) is 20.8. The molecule has 1 aromatic carbocycles. The van der Waals surface area contributed by atoms with Gasteiger partial charge >= 0.3 is 6.09 Å². The molecule has 1 aromatic rings. The van der Waals surface area contributed by atoms with Crippen molar-refractivity contribution in [1.29, 1.82) is 0 Å². The fraction of sp³-hybridized carbons (Fsp3) is 0.500. The van der Waals surface area contributed by atoms with Crippen molar-refractivity contribution < 1.29 is 24.2 Å². The number of allylic oxidation sites excluding steroid dienone is 3. The second-order valence-corrected chi connectivity index (χ2v) is 10.0. The van der Waals surface area contributed by atoms with Gasteiger partial charge in [-0.1, -0.05) is 35.4 Å². The van der Waals surface area contributed by atoms with Gasteiger partial charge in [0.25, 0.3) is 0 Å². The molecule has 2 N–H and O–H groups in total. The summed E-state index contributed by atoms with van der Waals surface area (Å²) in [7, 11) is 3.29. The topological polar surface area (TPSA) is 88.1 Å². The number of hydrogen-bond acceptors (Lipinski definition) is 6. The normalized spacial score (nSPS) is 27.7. The number of halogens is 1. The number of carbonyl (C=O) groups excluding carboxylic acids is 2. The number of carbonyl (C=O) groups is 2. The lowest BCUT2D eigenvalue weighted by molar-refractivity contribution is -0.118. The summed E-state index contributed by atoms with van der Waals surface area (Å²) in [6, 6.07) is 3.80. The average molecular weight is 495 g/mol. The highest BCUT2D eigenvalue weighted by molar-refractivity contribution is 7.99. The average Bonchev–Trinajstić information content (AvgIpc) is 2.75. The van der Waals surface area contributed by atoms with Crippen molar-refractivity contribution in [3.05, 3.63) is 46.5 Å². The Morgan fingerprint density at radius 3 is 2.91 bits per heavy atom. The first-order valence-electron chi connectivity index (χ1n) is 10.9. The molecule has 2 aliphatic rings. The SMILES string of the molecule is COc1cc2cc(c1Cl)N(C)C(=O)CCCSCC1CC(O)(C/C=C/C=C(\C)C2)NC(=O)O1. The molecule has 0 radical (unpaired) electrons. The summed E-state index contributed by atoms with van der Waals surface area (Å²) in [6.45, 7) is 2.00. The van der Waals surface area contributed by atoms with E-state index in [0.717, 1.165) is 16.9 Å². The molecule has 9 heteroatoms. The van der Waals surface area contributed by atoms with Gasteiger partial charge in [-0.3, -0.25) is 10.1 Å². The van der Waals surface area contributed by atoms with Crippen LogP contribution in [0, 0.1) is 0 Å². The van der Waals surface area contributed by atoms with Gasteiger partial charge in [-0.05, 0) is 43.2 Å². The van der Waals surface area contributed by atoms with Crippen LogP contribution in [-0.2, 0) is 16.0 Å². The van der Waals surface area contributed by atoms with Crippen molar-refractivity contribution in [1.82, 2.24) is 5.32 Å². The van der Waals surface area contributed by atoms with Crippen LogP contribution in [0.1, 0.15) is 38.2 Å². The number of nitrogens with one attached hydrogen (secondary N) is 1. The van der Waals surface area contributed by atoms with E-state index in [2.05, 4.69) is 5.32 Å². The monoisotopic (exact) mass is 494 g/mol. The van der Waals surface area contributed by atoms with Crippen LogP contribution in [-0.4, -0.2) is 54.6 Å². The zero-order chi connectivity index (χ0) is 24.0. The Hall–Kier alpha value is -2.16. The summed E-state index contributed by atoms with van der Waals surface area (Å²) in [5, 5.41) is 13.8. The Morgan fingerprint density at radius 1 is 1.36 bits per heavy atom. The van der Waals surface area contributed by atoms with Crippen LogP contribution in [0.25, 0.3) is 0 Å². The third-order valence-corrected chi connectivity index (χ3v) is 7.21. The maximum atomic E-state index is 12.8. The van der Waals surface area contributed by atoms with E-state index in [0.29, 0.717) is 47.9 Å². The number of thioether (sulfide) groups is 1. The number of amides is 2. The first kappa shape index (κ1) is 25.5. The minimum Gasteiger partial charge on any atom is -0.495 e. The molecule has 4 bridgehead atoms. The Balaban J connectivity index is 1.87. The molecule has 0 aliphatic carbocycles. The highest BCUT2D eigenvalue weighted by atomic mass is 35.5. The van der Waals surface area contributed by atoms with Crippen molar-refractivity contribution in [3.8, 4) is 5.75 Å². The Morgan fingerprint density at radius 2 is 2.15 bits per heavy atom. The van der Waals surface area contributed by atoms with E-state index in [1.54, 1.807) is 30.8 Å². The van der Waals surface area contributed by atoms with Crippen LogP contribution in [0.2, 0.25) is 5.02 Å². The van der Waals surface area contributed by atoms with Gasteiger partial charge < -0.3 is 19.5 Å². The summed E-state index contributed by atoms with van der Waals surface area (Å²) in [5.74, 6) is 1.79. The van der Waals surface area contributed by atoms with Gasteiger partial charge in [-0.15, -0.1) is 0 Å². The molecule has 2 aliphatic heterocycles. The number of aliphatic hydroxyl groups is 1. The maximum absolute atomic E-state index is 12.8. The number of anilines is 1. The van der Waals surface area contributed by atoms with Crippen LogP contribution in [0.5, 0.6) is 5.75 Å². The third-order valence-electron chi connectivity index (χ3n) is 5.65. The van der Waals surface area contributed by atoms with Crippen molar-refractivity contribution in [2.45, 2.75) is 50.9 Å². The number of ether oxygens (including phenoxy) is 2. The van der Waals surface area contributed by atoms with E-state index < -0.39 is 11.8 Å². The molecule has 2 atom stereocenters. The van der Waals surface area contributed by atoms with E-state index in [1.807, 2.05) is 37.3 Å². The van der Waals surface area contributed by atoms with Crippen molar-refractivity contribution in [2.24, 2.45) is 0 Å². The number of alkyl carbamates (subject to hydrolysis) is 1. The van der Waals surface area contributed by atoms with Crippen LogP contribution in [0.4, 0.5) is 10.5 Å². The van der Waals surface area contributed by atoms with Gasteiger partial charge in [0.15, 0.2) is 0 Å². The number of methoxy groups -OCH3 is 1. The molecule has 1 fully saturated rings. The zero-order valence-electron chi connectivity index (χ0n) is 19.2. The van der Waals surface area contributed by atoms with Gasteiger partial charge in [-0.25, -0.2) is 4.79 Å².